The average Bonchev–Trinajstić information content (AvgIpc) is 2.98. The van der Waals surface area contributed by atoms with E-state index in [9.17, 15) is 0 Å². The monoisotopic (exact) mass is 321 g/mol. The summed E-state index contributed by atoms with van der Waals surface area (Å²) in [6, 6.07) is 19.9. The molecule has 0 aliphatic rings. The molecule has 24 heavy (non-hydrogen) atoms. The molecule has 0 aliphatic carbocycles. The Morgan fingerprint density at radius 3 is 2.46 bits per heavy atom. The lowest BCUT2D eigenvalue weighted by Crippen LogP contribution is -2.28. The van der Waals surface area contributed by atoms with Gasteiger partial charge in [-0.15, -0.1) is 5.10 Å². The van der Waals surface area contributed by atoms with E-state index in [1.54, 1.807) is 0 Å². The van der Waals surface area contributed by atoms with Crippen molar-refractivity contribution in [3.63, 3.8) is 0 Å². The summed E-state index contributed by atoms with van der Waals surface area (Å²) >= 11 is 0. The first kappa shape index (κ1) is 16.3. The second kappa shape index (κ2) is 6.49. The number of rotatable bonds is 5. The molecule has 3 aromatic rings. The van der Waals surface area contributed by atoms with E-state index in [2.05, 4.69) is 30.2 Å². The maximum atomic E-state index is 6.23. The van der Waals surface area contributed by atoms with Crippen molar-refractivity contribution in [2.45, 2.75) is 32.9 Å². The van der Waals surface area contributed by atoms with Crippen LogP contribution in [0.15, 0.2) is 60.7 Å². The van der Waals surface area contributed by atoms with Crippen LogP contribution in [0.4, 0.5) is 0 Å². The van der Waals surface area contributed by atoms with Crippen molar-refractivity contribution < 1.29 is 4.74 Å². The van der Waals surface area contributed by atoms with E-state index in [0.717, 1.165) is 29.1 Å². The van der Waals surface area contributed by atoms with Gasteiger partial charge < -0.3 is 10.5 Å². The Morgan fingerprint density at radius 1 is 1.04 bits per heavy atom. The SMILES string of the molecule is CCn1nc(Oc2ccccc2)cc1-c1cccc(C(C)(C)N)c1. The summed E-state index contributed by atoms with van der Waals surface area (Å²) in [6.45, 7) is 6.85. The quantitative estimate of drug-likeness (QED) is 0.749. The Hall–Kier alpha value is -2.59. The van der Waals surface area contributed by atoms with Crippen LogP contribution in [0.2, 0.25) is 0 Å². The van der Waals surface area contributed by atoms with E-state index < -0.39 is 0 Å². The van der Waals surface area contributed by atoms with Crippen LogP contribution >= 0.6 is 0 Å². The van der Waals surface area contributed by atoms with Crippen LogP contribution in [0, 0.1) is 0 Å². The van der Waals surface area contributed by atoms with E-state index >= 15 is 0 Å². The lowest BCUT2D eigenvalue weighted by Gasteiger charge is -2.20. The van der Waals surface area contributed by atoms with Crippen LogP contribution in [0.1, 0.15) is 26.3 Å². The molecule has 0 atom stereocenters. The lowest BCUT2D eigenvalue weighted by molar-refractivity contribution is 0.449. The van der Waals surface area contributed by atoms with Gasteiger partial charge in [0, 0.05) is 23.7 Å². The van der Waals surface area contributed by atoms with Gasteiger partial charge in [-0.25, -0.2) is 0 Å². The van der Waals surface area contributed by atoms with E-state index in [-0.39, 0.29) is 5.54 Å². The number of aryl methyl sites for hydroxylation is 1. The second-order valence-corrected chi connectivity index (χ2v) is 6.40. The molecule has 0 unspecified atom stereocenters. The molecule has 0 saturated heterocycles. The Labute approximate surface area is 142 Å². The zero-order valence-corrected chi connectivity index (χ0v) is 14.4. The second-order valence-electron chi connectivity index (χ2n) is 6.40. The van der Waals surface area contributed by atoms with Gasteiger partial charge in [0.25, 0.3) is 0 Å². The van der Waals surface area contributed by atoms with Crippen LogP contribution in [-0.4, -0.2) is 9.78 Å². The van der Waals surface area contributed by atoms with Crippen LogP contribution in [0.25, 0.3) is 11.3 Å². The topological polar surface area (TPSA) is 53.1 Å². The van der Waals surface area contributed by atoms with Crippen molar-refractivity contribution in [2.75, 3.05) is 0 Å². The number of ether oxygens (including phenoxy) is 1. The van der Waals surface area contributed by atoms with Crippen molar-refractivity contribution in [2.24, 2.45) is 5.73 Å². The van der Waals surface area contributed by atoms with Gasteiger partial charge >= 0.3 is 0 Å². The lowest BCUT2D eigenvalue weighted by atomic mass is 9.93. The summed E-state index contributed by atoms with van der Waals surface area (Å²) < 4.78 is 7.81. The zero-order chi connectivity index (χ0) is 17.2. The molecule has 0 saturated carbocycles. The van der Waals surface area contributed by atoms with Crippen molar-refractivity contribution in [1.29, 1.82) is 0 Å². The molecule has 4 heteroatoms. The normalized spacial score (nSPS) is 11.5. The number of hydrogen-bond acceptors (Lipinski definition) is 3. The van der Waals surface area contributed by atoms with Gasteiger partial charge in [-0.1, -0.05) is 36.4 Å². The molecule has 4 nitrogen and oxygen atoms in total. The highest BCUT2D eigenvalue weighted by atomic mass is 16.5. The summed E-state index contributed by atoms with van der Waals surface area (Å²) in [6.07, 6.45) is 0. The minimum absolute atomic E-state index is 0.379. The predicted molar refractivity (Wildman–Crippen MR) is 97.1 cm³/mol. The molecule has 0 fully saturated rings. The molecule has 1 heterocycles. The Balaban J connectivity index is 1.96. The highest BCUT2D eigenvalue weighted by molar-refractivity contribution is 5.62. The molecule has 0 aliphatic heterocycles. The van der Waals surface area contributed by atoms with Gasteiger partial charge in [0.15, 0.2) is 0 Å². The van der Waals surface area contributed by atoms with Gasteiger partial charge in [-0.3, -0.25) is 4.68 Å². The molecule has 124 valence electrons. The third-order valence-electron chi connectivity index (χ3n) is 3.93. The largest absolute Gasteiger partial charge is 0.438 e. The maximum Gasteiger partial charge on any atom is 0.238 e. The van der Waals surface area contributed by atoms with Crippen molar-refractivity contribution in [3.8, 4) is 22.9 Å². The van der Waals surface area contributed by atoms with E-state index in [0.29, 0.717) is 5.88 Å². The van der Waals surface area contributed by atoms with Gasteiger partial charge in [-0.05, 0) is 44.5 Å². The first-order valence-corrected chi connectivity index (χ1v) is 8.18. The van der Waals surface area contributed by atoms with E-state index in [4.69, 9.17) is 10.5 Å². The average molecular weight is 321 g/mol. The fraction of sp³-hybridized carbons (Fsp3) is 0.250. The Bertz CT molecular complexity index is 816. The molecular weight excluding hydrogens is 298 g/mol. The smallest absolute Gasteiger partial charge is 0.238 e. The van der Waals surface area contributed by atoms with Gasteiger partial charge in [-0.2, -0.15) is 0 Å². The minimum atomic E-state index is -0.379. The third kappa shape index (κ3) is 3.49. The summed E-state index contributed by atoms with van der Waals surface area (Å²) in [5.41, 5.74) is 9.06. The number of hydrogen-bond donors (Lipinski definition) is 1. The van der Waals surface area contributed by atoms with Gasteiger partial charge in [0.05, 0.1) is 5.69 Å². The maximum absolute atomic E-state index is 6.23. The molecule has 0 bridgehead atoms. The fourth-order valence-electron chi connectivity index (χ4n) is 2.61. The predicted octanol–water partition coefficient (Wildman–Crippen LogP) is 4.56. The molecule has 2 aromatic carbocycles. The number of para-hydroxylation sites is 1. The highest BCUT2D eigenvalue weighted by Gasteiger charge is 2.16. The molecule has 2 N–H and O–H groups in total. The first-order valence-electron chi connectivity index (χ1n) is 8.18. The van der Waals surface area contributed by atoms with Crippen molar-refractivity contribution >= 4 is 0 Å². The number of benzene rings is 2. The van der Waals surface area contributed by atoms with Gasteiger partial charge in [0.2, 0.25) is 5.88 Å². The van der Waals surface area contributed by atoms with Crippen LogP contribution in [0.3, 0.4) is 0 Å². The Kier molecular flexibility index (Phi) is 4.40. The Morgan fingerprint density at radius 2 is 1.79 bits per heavy atom. The molecule has 0 amide bonds. The standard InChI is InChI=1S/C20H23N3O/c1-4-23-18(15-9-8-10-16(13-15)20(2,3)21)14-19(22-23)24-17-11-6-5-7-12-17/h5-14H,4,21H2,1-3H3. The van der Waals surface area contributed by atoms with Crippen LogP contribution in [-0.2, 0) is 12.1 Å². The molecule has 1 aromatic heterocycles. The summed E-state index contributed by atoms with van der Waals surface area (Å²) in [5, 5.41) is 4.56. The van der Waals surface area contributed by atoms with E-state index in [1.807, 2.05) is 61.0 Å². The van der Waals surface area contributed by atoms with Gasteiger partial charge in [0.1, 0.15) is 5.75 Å². The molecule has 3 rings (SSSR count). The fourth-order valence-corrected chi connectivity index (χ4v) is 2.61. The van der Waals surface area contributed by atoms with Crippen LogP contribution < -0.4 is 10.5 Å². The summed E-state index contributed by atoms with van der Waals surface area (Å²) in [5.74, 6) is 1.37. The highest BCUT2D eigenvalue weighted by Crippen LogP contribution is 2.29. The van der Waals surface area contributed by atoms with Crippen molar-refractivity contribution in [3.05, 3.63) is 66.2 Å². The number of aromatic nitrogens is 2. The van der Waals surface area contributed by atoms with E-state index in [1.165, 1.54) is 0 Å². The third-order valence-corrected chi connectivity index (χ3v) is 3.93. The van der Waals surface area contributed by atoms with Crippen LogP contribution in [0.5, 0.6) is 11.6 Å². The molecule has 0 radical (unpaired) electrons. The van der Waals surface area contributed by atoms with Crippen molar-refractivity contribution in [1.82, 2.24) is 9.78 Å². The summed E-state index contributed by atoms with van der Waals surface area (Å²) in [7, 11) is 0. The number of nitrogens with zero attached hydrogens (tertiary/aromatic N) is 2. The number of nitrogens with two attached hydrogens (primary N) is 1. The molecular formula is C20H23N3O. The zero-order valence-electron chi connectivity index (χ0n) is 14.4. The minimum Gasteiger partial charge on any atom is -0.438 e. The summed E-state index contributed by atoms with van der Waals surface area (Å²) in [4.78, 5) is 0. The molecule has 0 spiro atoms. The first-order chi connectivity index (χ1) is 11.5.